The molecule has 0 amide bonds. The van der Waals surface area contributed by atoms with Crippen LogP contribution in [-0.4, -0.2) is 12.9 Å². The maximum Gasteiger partial charge on any atom is 0.175 e. The molecular weight excluding hydrogens is 231 g/mol. The Morgan fingerprint density at radius 1 is 1.39 bits per heavy atom. The maximum atomic E-state index is 14.0. The zero-order chi connectivity index (χ0) is 13.5. The van der Waals surface area contributed by atoms with Crippen molar-refractivity contribution in [2.75, 3.05) is 7.11 Å². The quantitative estimate of drug-likeness (QED) is 0.679. The Morgan fingerprint density at radius 3 is 2.67 bits per heavy atom. The zero-order valence-electron chi connectivity index (χ0n) is 11.3. The van der Waals surface area contributed by atoms with E-state index in [1.54, 1.807) is 6.07 Å². The van der Waals surface area contributed by atoms with Gasteiger partial charge in [-0.05, 0) is 25.0 Å². The highest BCUT2D eigenvalue weighted by molar-refractivity contribution is 5.98. The average molecular weight is 252 g/mol. The molecule has 2 nitrogen and oxygen atoms in total. The number of halogens is 1. The number of hydrogen-bond acceptors (Lipinski definition) is 2. The van der Waals surface area contributed by atoms with Gasteiger partial charge in [0.25, 0.3) is 0 Å². The second-order valence-electron chi connectivity index (χ2n) is 4.43. The van der Waals surface area contributed by atoms with Gasteiger partial charge >= 0.3 is 0 Å². The van der Waals surface area contributed by atoms with Crippen LogP contribution < -0.4 is 4.74 Å². The molecule has 3 heteroatoms. The van der Waals surface area contributed by atoms with Gasteiger partial charge in [-0.15, -0.1) is 0 Å². The summed E-state index contributed by atoms with van der Waals surface area (Å²) in [6.45, 7) is 4.06. The lowest BCUT2D eigenvalue weighted by Gasteiger charge is -2.14. The first-order chi connectivity index (χ1) is 8.65. The molecule has 1 aromatic rings. The van der Waals surface area contributed by atoms with Crippen molar-refractivity contribution in [3.63, 3.8) is 0 Å². The highest BCUT2D eigenvalue weighted by atomic mass is 19.1. The number of carbonyl (C=O) groups is 1. The van der Waals surface area contributed by atoms with Gasteiger partial charge in [0.1, 0.15) is 0 Å². The molecule has 0 spiro atoms. The Labute approximate surface area is 108 Å². The molecule has 18 heavy (non-hydrogen) atoms. The van der Waals surface area contributed by atoms with Crippen LogP contribution in [0.25, 0.3) is 0 Å². The van der Waals surface area contributed by atoms with E-state index in [0.29, 0.717) is 0 Å². The van der Waals surface area contributed by atoms with Crippen LogP contribution in [0, 0.1) is 11.7 Å². The van der Waals surface area contributed by atoms with E-state index in [2.05, 4.69) is 6.92 Å². The van der Waals surface area contributed by atoms with Gasteiger partial charge in [-0.2, -0.15) is 0 Å². The number of ketones is 1. The van der Waals surface area contributed by atoms with Crippen molar-refractivity contribution >= 4 is 5.78 Å². The predicted molar refractivity (Wildman–Crippen MR) is 70.6 cm³/mol. The molecule has 0 N–H and O–H groups in total. The molecule has 1 unspecified atom stereocenters. The first-order valence-electron chi connectivity index (χ1n) is 6.52. The molecule has 0 heterocycles. The fourth-order valence-electron chi connectivity index (χ4n) is 2.05. The van der Waals surface area contributed by atoms with Crippen molar-refractivity contribution in [2.24, 2.45) is 5.92 Å². The Bertz CT molecular complexity index is 401. The summed E-state index contributed by atoms with van der Waals surface area (Å²) in [4.78, 5) is 12.3. The van der Waals surface area contributed by atoms with Crippen molar-refractivity contribution in [1.82, 2.24) is 0 Å². The summed E-state index contributed by atoms with van der Waals surface area (Å²) in [6.07, 6.45) is 3.61. The molecule has 0 aliphatic heterocycles. The molecule has 0 aromatic heterocycles. The molecular formula is C15H21FO2. The van der Waals surface area contributed by atoms with Gasteiger partial charge in [-0.3, -0.25) is 4.79 Å². The summed E-state index contributed by atoms with van der Waals surface area (Å²) in [6, 6.07) is 4.72. The van der Waals surface area contributed by atoms with Gasteiger partial charge in [0.15, 0.2) is 17.3 Å². The van der Waals surface area contributed by atoms with Crippen LogP contribution in [0.5, 0.6) is 5.75 Å². The van der Waals surface area contributed by atoms with E-state index in [9.17, 15) is 9.18 Å². The summed E-state index contributed by atoms with van der Waals surface area (Å²) in [5, 5.41) is 0. The lowest BCUT2D eigenvalue weighted by Crippen LogP contribution is -2.16. The summed E-state index contributed by atoms with van der Waals surface area (Å²) < 4.78 is 18.9. The summed E-state index contributed by atoms with van der Waals surface area (Å²) in [7, 11) is 1.40. The summed E-state index contributed by atoms with van der Waals surface area (Å²) in [5.74, 6) is -0.611. The average Bonchev–Trinajstić information content (AvgIpc) is 2.39. The maximum absolute atomic E-state index is 14.0. The number of methoxy groups -OCH3 is 1. The first-order valence-corrected chi connectivity index (χ1v) is 6.52. The van der Waals surface area contributed by atoms with Gasteiger partial charge in [-0.1, -0.05) is 32.8 Å². The zero-order valence-corrected chi connectivity index (χ0v) is 11.3. The Balaban J connectivity index is 2.94. The summed E-state index contributed by atoms with van der Waals surface area (Å²) in [5.41, 5.74) is 0.150. The predicted octanol–water partition coefficient (Wildman–Crippen LogP) is 4.23. The van der Waals surface area contributed by atoms with Crippen molar-refractivity contribution in [1.29, 1.82) is 0 Å². The minimum Gasteiger partial charge on any atom is -0.494 e. The SMILES string of the molecule is CCCCC(CC)C(=O)c1cccc(OC)c1F. The minimum absolute atomic E-state index is 0.0912. The fourth-order valence-corrected chi connectivity index (χ4v) is 2.05. The number of ether oxygens (including phenoxy) is 1. The second kappa shape index (κ2) is 7.14. The molecule has 0 saturated heterocycles. The monoisotopic (exact) mass is 252 g/mol. The molecule has 0 radical (unpaired) electrons. The van der Waals surface area contributed by atoms with Crippen LogP contribution in [-0.2, 0) is 0 Å². The van der Waals surface area contributed by atoms with E-state index in [-0.39, 0.29) is 23.0 Å². The fraction of sp³-hybridized carbons (Fsp3) is 0.533. The van der Waals surface area contributed by atoms with Crippen molar-refractivity contribution in [3.05, 3.63) is 29.6 Å². The third-order valence-corrected chi connectivity index (χ3v) is 3.22. The number of benzene rings is 1. The van der Waals surface area contributed by atoms with E-state index >= 15 is 0 Å². The molecule has 0 saturated carbocycles. The molecule has 1 aromatic carbocycles. The van der Waals surface area contributed by atoms with Gasteiger partial charge in [0.2, 0.25) is 0 Å². The largest absolute Gasteiger partial charge is 0.494 e. The Hall–Kier alpha value is -1.38. The third-order valence-electron chi connectivity index (χ3n) is 3.22. The molecule has 0 aliphatic carbocycles. The number of hydrogen-bond donors (Lipinski definition) is 0. The Kier molecular flexibility index (Phi) is 5.83. The molecule has 100 valence electrons. The molecule has 0 bridgehead atoms. The van der Waals surface area contributed by atoms with Crippen LogP contribution in [0.15, 0.2) is 18.2 Å². The number of carbonyl (C=O) groups excluding carboxylic acids is 1. The van der Waals surface area contributed by atoms with Crippen LogP contribution in [0.4, 0.5) is 4.39 Å². The minimum atomic E-state index is -0.542. The van der Waals surface area contributed by atoms with Crippen molar-refractivity contribution in [3.8, 4) is 5.75 Å². The van der Waals surface area contributed by atoms with E-state index < -0.39 is 5.82 Å². The van der Waals surface area contributed by atoms with Gasteiger partial charge in [-0.25, -0.2) is 4.39 Å². The smallest absolute Gasteiger partial charge is 0.175 e. The van der Waals surface area contributed by atoms with E-state index in [0.717, 1.165) is 25.7 Å². The molecule has 1 atom stereocenters. The second-order valence-corrected chi connectivity index (χ2v) is 4.43. The van der Waals surface area contributed by atoms with Gasteiger partial charge < -0.3 is 4.74 Å². The number of Topliss-reactive ketones (excluding diaryl/α,β-unsaturated/α-hetero) is 1. The lowest BCUT2D eigenvalue weighted by atomic mass is 9.90. The van der Waals surface area contributed by atoms with Gasteiger partial charge in [0.05, 0.1) is 12.7 Å². The highest BCUT2D eigenvalue weighted by Crippen LogP contribution is 2.25. The van der Waals surface area contributed by atoms with Crippen LogP contribution >= 0.6 is 0 Å². The third kappa shape index (κ3) is 3.31. The highest BCUT2D eigenvalue weighted by Gasteiger charge is 2.22. The van der Waals surface area contributed by atoms with Crippen molar-refractivity contribution < 1.29 is 13.9 Å². The number of rotatable bonds is 7. The lowest BCUT2D eigenvalue weighted by molar-refractivity contribution is 0.0903. The number of unbranched alkanes of at least 4 members (excludes halogenated alkanes) is 1. The van der Waals surface area contributed by atoms with Gasteiger partial charge in [0, 0.05) is 5.92 Å². The summed E-state index contributed by atoms with van der Waals surface area (Å²) >= 11 is 0. The standard InChI is InChI=1S/C15H21FO2/c1-4-6-8-11(5-2)15(17)12-9-7-10-13(18-3)14(12)16/h7,9-11H,4-6,8H2,1-3H3. The first kappa shape index (κ1) is 14.7. The van der Waals surface area contributed by atoms with E-state index in [1.165, 1.54) is 19.2 Å². The topological polar surface area (TPSA) is 26.3 Å². The van der Waals surface area contributed by atoms with E-state index in [1.807, 2.05) is 6.92 Å². The van der Waals surface area contributed by atoms with Crippen molar-refractivity contribution in [2.45, 2.75) is 39.5 Å². The molecule has 0 aliphatic rings. The normalized spacial score (nSPS) is 12.2. The van der Waals surface area contributed by atoms with Crippen LogP contribution in [0.2, 0.25) is 0 Å². The molecule has 1 rings (SSSR count). The van der Waals surface area contributed by atoms with E-state index in [4.69, 9.17) is 4.74 Å². The Morgan fingerprint density at radius 2 is 2.11 bits per heavy atom. The van der Waals surface area contributed by atoms with Crippen LogP contribution in [0.1, 0.15) is 49.9 Å². The van der Waals surface area contributed by atoms with Crippen LogP contribution in [0.3, 0.4) is 0 Å². The molecule has 0 fully saturated rings.